The second-order valence-electron chi connectivity index (χ2n) is 6.92. The lowest BCUT2D eigenvalue weighted by molar-refractivity contribution is 0.0723. The van der Waals surface area contributed by atoms with Crippen molar-refractivity contribution < 1.29 is 18.7 Å². The molecule has 1 aliphatic rings. The fraction of sp³-hybridized carbons (Fsp3) is 0.304. The first-order valence-corrected chi connectivity index (χ1v) is 9.74. The van der Waals surface area contributed by atoms with Gasteiger partial charge in [-0.1, -0.05) is 24.3 Å². The topological polar surface area (TPSA) is 69.0 Å². The van der Waals surface area contributed by atoms with Crippen LogP contribution in [0.15, 0.2) is 57.7 Å². The number of amides is 1. The predicted octanol–water partition coefficient (Wildman–Crippen LogP) is 3.77. The van der Waals surface area contributed by atoms with Crippen molar-refractivity contribution in [3.05, 3.63) is 75.6 Å². The molecule has 4 rings (SSSR count). The van der Waals surface area contributed by atoms with Crippen LogP contribution in [0, 0.1) is 0 Å². The number of benzene rings is 2. The number of carbonyl (C=O) groups excluding carboxylic acids is 1. The van der Waals surface area contributed by atoms with Gasteiger partial charge in [-0.05, 0) is 43.2 Å². The number of para-hydroxylation sites is 1. The molecule has 0 radical (unpaired) electrons. The Hall–Kier alpha value is -3.12. The monoisotopic (exact) mass is 393 g/mol. The van der Waals surface area contributed by atoms with Gasteiger partial charge in [-0.25, -0.2) is 0 Å². The smallest absolute Gasteiger partial charge is 0.262 e. The van der Waals surface area contributed by atoms with Crippen LogP contribution >= 0.6 is 0 Å². The first kappa shape index (κ1) is 19.2. The molecule has 3 aromatic rings. The number of nitrogens with zero attached hydrogens (tertiary/aromatic N) is 1. The molecule has 1 atom stereocenters. The van der Waals surface area contributed by atoms with E-state index in [1.165, 1.54) is 0 Å². The normalized spacial score (nSPS) is 15.7. The Morgan fingerprint density at radius 1 is 1.10 bits per heavy atom. The summed E-state index contributed by atoms with van der Waals surface area (Å²) in [6.07, 6.45) is 0.658. The van der Waals surface area contributed by atoms with E-state index in [0.717, 1.165) is 5.56 Å². The fourth-order valence-electron chi connectivity index (χ4n) is 3.84. The lowest BCUT2D eigenvalue weighted by atomic mass is 10.0. The highest BCUT2D eigenvalue weighted by atomic mass is 16.5. The van der Waals surface area contributed by atoms with Crippen LogP contribution in [-0.4, -0.2) is 37.7 Å². The van der Waals surface area contributed by atoms with Gasteiger partial charge in [0.2, 0.25) is 5.43 Å². The molecule has 29 heavy (non-hydrogen) atoms. The van der Waals surface area contributed by atoms with Crippen molar-refractivity contribution in [2.45, 2.75) is 19.4 Å². The average molecular weight is 393 g/mol. The minimum Gasteiger partial charge on any atom is -0.494 e. The number of fused-ring (bicyclic) bond motifs is 2. The molecule has 1 amide bonds. The van der Waals surface area contributed by atoms with Gasteiger partial charge in [-0.3, -0.25) is 9.59 Å². The van der Waals surface area contributed by atoms with E-state index in [1.54, 1.807) is 30.2 Å². The number of hydrogen-bond donors (Lipinski definition) is 0. The number of ether oxygens (including phenoxy) is 2. The van der Waals surface area contributed by atoms with Crippen LogP contribution in [0.25, 0.3) is 11.0 Å². The molecule has 0 saturated heterocycles. The Morgan fingerprint density at radius 3 is 2.72 bits per heavy atom. The number of rotatable bonds is 7. The first-order valence-electron chi connectivity index (χ1n) is 9.74. The Labute approximate surface area is 168 Å². The van der Waals surface area contributed by atoms with Gasteiger partial charge in [-0.15, -0.1) is 0 Å². The van der Waals surface area contributed by atoms with Crippen molar-refractivity contribution in [3.63, 3.8) is 0 Å². The summed E-state index contributed by atoms with van der Waals surface area (Å²) in [6.45, 7) is 3.44. The van der Waals surface area contributed by atoms with Crippen LogP contribution in [0.1, 0.15) is 41.1 Å². The van der Waals surface area contributed by atoms with Crippen molar-refractivity contribution in [2.75, 3.05) is 26.9 Å². The van der Waals surface area contributed by atoms with Crippen molar-refractivity contribution in [1.29, 1.82) is 0 Å². The van der Waals surface area contributed by atoms with Crippen molar-refractivity contribution in [1.82, 2.24) is 4.90 Å². The summed E-state index contributed by atoms with van der Waals surface area (Å²) in [7, 11) is 1.63. The highest BCUT2D eigenvalue weighted by molar-refractivity contribution is 6.01. The van der Waals surface area contributed by atoms with E-state index < -0.39 is 6.04 Å². The first-order chi connectivity index (χ1) is 14.2. The molecule has 2 aromatic carbocycles. The van der Waals surface area contributed by atoms with Crippen LogP contribution in [0.4, 0.5) is 0 Å². The second-order valence-corrected chi connectivity index (χ2v) is 6.92. The molecule has 1 aromatic heterocycles. The Balaban J connectivity index is 1.88. The van der Waals surface area contributed by atoms with Crippen molar-refractivity contribution in [2.24, 2.45) is 0 Å². The quantitative estimate of drug-likeness (QED) is 0.572. The molecule has 6 nitrogen and oxygen atoms in total. The molecule has 1 aliphatic heterocycles. The van der Waals surface area contributed by atoms with Crippen LogP contribution in [0.3, 0.4) is 0 Å². The zero-order valence-electron chi connectivity index (χ0n) is 16.5. The average Bonchev–Trinajstić information content (AvgIpc) is 3.01. The molecule has 1 unspecified atom stereocenters. The Bertz CT molecular complexity index is 1100. The molecular formula is C23H23NO5. The molecule has 0 spiro atoms. The van der Waals surface area contributed by atoms with Crippen molar-refractivity contribution >= 4 is 16.9 Å². The summed E-state index contributed by atoms with van der Waals surface area (Å²) in [4.78, 5) is 28.0. The highest BCUT2D eigenvalue weighted by Gasteiger charge is 2.42. The standard InChI is InChI=1S/C23H23NO5/c1-3-28-16-9-6-8-15(14-16)20-22-19(23(26)24(20)12-7-13-27-2)21(25)17-10-4-5-11-18(17)29-22/h4-6,8-11,14,20H,3,7,12-13H2,1-2H3. The van der Waals surface area contributed by atoms with E-state index in [-0.39, 0.29) is 16.9 Å². The third-order valence-corrected chi connectivity index (χ3v) is 5.09. The Morgan fingerprint density at radius 2 is 1.93 bits per heavy atom. The zero-order chi connectivity index (χ0) is 20.4. The SMILES string of the molecule is CCOc1cccc(C2c3oc4ccccc4c(=O)c3C(=O)N2CCCOC)c1. The Kier molecular flexibility index (Phi) is 5.36. The summed E-state index contributed by atoms with van der Waals surface area (Å²) in [6, 6.07) is 14.1. The van der Waals surface area contributed by atoms with Gasteiger partial charge in [0, 0.05) is 20.3 Å². The van der Waals surface area contributed by atoms with E-state index in [0.29, 0.717) is 48.7 Å². The largest absolute Gasteiger partial charge is 0.494 e. The van der Waals surface area contributed by atoms with Crippen molar-refractivity contribution in [3.8, 4) is 5.75 Å². The van der Waals surface area contributed by atoms with Crippen LogP contribution in [0.2, 0.25) is 0 Å². The maximum atomic E-state index is 13.2. The van der Waals surface area contributed by atoms with Gasteiger partial charge < -0.3 is 18.8 Å². The van der Waals surface area contributed by atoms with Crippen LogP contribution in [0.5, 0.6) is 5.75 Å². The second kappa shape index (κ2) is 8.09. The summed E-state index contributed by atoms with van der Waals surface area (Å²) in [5.74, 6) is 0.804. The van der Waals surface area contributed by atoms with Crippen LogP contribution < -0.4 is 10.2 Å². The van der Waals surface area contributed by atoms with E-state index in [2.05, 4.69) is 0 Å². The van der Waals surface area contributed by atoms with Gasteiger partial charge in [0.1, 0.15) is 28.7 Å². The molecule has 0 aliphatic carbocycles. The van der Waals surface area contributed by atoms with Gasteiger partial charge in [-0.2, -0.15) is 0 Å². The van der Waals surface area contributed by atoms with E-state index in [4.69, 9.17) is 13.9 Å². The highest BCUT2D eigenvalue weighted by Crippen LogP contribution is 2.39. The molecule has 0 saturated carbocycles. The van der Waals surface area contributed by atoms with Gasteiger partial charge in [0.15, 0.2) is 0 Å². The summed E-state index contributed by atoms with van der Waals surface area (Å²) >= 11 is 0. The third kappa shape index (κ3) is 3.40. The molecule has 0 fully saturated rings. The minimum atomic E-state index is -0.480. The van der Waals surface area contributed by atoms with Gasteiger partial charge in [0.05, 0.1) is 12.0 Å². The predicted molar refractivity (Wildman–Crippen MR) is 109 cm³/mol. The molecule has 0 bridgehead atoms. The lowest BCUT2D eigenvalue weighted by Crippen LogP contribution is -2.31. The van der Waals surface area contributed by atoms with Gasteiger partial charge in [0.25, 0.3) is 5.91 Å². The maximum Gasteiger partial charge on any atom is 0.262 e. The fourth-order valence-corrected chi connectivity index (χ4v) is 3.84. The lowest BCUT2D eigenvalue weighted by Gasteiger charge is -2.25. The molecule has 150 valence electrons. The van der Waals surface area contributed by atoms with Gasteiger partial charge >= 0.3 is 0 Å². The number of hydrogen-bond acceptors (Lipinski definition) is 5. The maximum absolute atomic E-state index is 13.2. The number of carbonyl (C=O) groups is 1. The van der Waals surface area contributed by atoms with Crippen LogP contribution in [-0.2, 0) is 4.74 Å². The van der Waals surface area contributed by atoms with E-state index >= 15 is 0 Å². The molecular weight excluding hydrogens is 370 g/mol. The molecule has 2 heterocycles. The van der Waals surface area contributed by atoms with E-state index in [9.17, 15) is 9.59 Å². The summed E-state index contributed by atoms with van der Waals surface area (Å²) < 4.78 is 16.9. The molecule has 0 N–H and O–H groups in total. The summed E-state index contributed by atoms with van der Waals surface area (Å²) in [5, 5.41) is 0.417. The number of methoxy groups -OCH3 is 1. The van der Waals surface area contributed by atoms with E-state index in [1.807, 2.05) is 37.3 Å². The summed E-state index contributed by atoms with van der Waals surface area (Å²) in [5.41, 5.74) is 1.16. The molecule has 6 heteroatoms. The third-order valence-electron chi connectivity index (χ3n) is 5.09. The zero-order valence-corrected chi connectivity index (χ0v) is 16.5. The minimum absolute atomic E-state index is 0.118.